The Kier molecular flexibility index (Phi) is 10.0. The molecule has 0 bridgehead atoms. The number of carbonyl (C=O) groups is 2. The number of carboxylic acid groups (broad SMARTS) is 1. The number of carboxylic acids is 1. The van der Waals surface area contributed by atoms with Crippen molar-refractivity contribution in [2.75, 3.05) is 39.9 Å². The summed E-state index contributed by atoms with van der Waals surface area (Å²) < 4.78 is 5.31. The lowest BCUT2D eigenvalue weighted by molar-refractivity contribution is -0.139. The number of hydrogen-bond donors (Lipinski definition) is 2. The molecule has 8 nitrogen and oxygen atoms in total. The Balaban J connectivity index is 1.84. The predicted molar refractivity (Wildman–Crippen MR) is 118 cm³/mol. The summed E-state index contributed by atoms with van der Waals surface area (Å²) in [5, 5.41) is 15.2. The number of morpholine rings is 1. The predicted octanol–water partition coefficient (Wildman–Crippen LogP) is 3.00. The Morgan fingerprint density at radius 3 is 2.70 bits per heavy atom. The van der Waals surface area contributed by atoms with E-state index in [0.29, 0.717) is 44.6 Å². The minimum atomic E-state index is -1.01. The van der Waals surface area contributed by atoms with Gasteiger partial charge < -0.3 is 20.1 Å². The van der Waals surface area contributed by atoms with Gasteiger partial charge in [-0.25, -0.2) is 14.6 Å². The molecule has 1 aromatic heterocycles. The molecule has 0 spiro atoms. The second-order valence-electron chi connectivity index (χ2n) is 8.27. The summed E-state index contributed by atoms with van der Waals surface area (Å²) in [4.78, 5) is 32.5. The van der Waals surface area contributed by atoms with Crippen molar-refractivity contribution >= 4 is 23.3 Å². The minimum Gasteiger partial charge on any atom is -0.480 e. The third-order valence-corrected chi connectivity index (χ3v) is 6.75. The fourth-order valence-corrected chi connectivity index (χ4v) is 4.34. The standard InChI is InChI=1S/C21H36N4O4S/c1-5-15(2)12-16(3)19-22-17(14-30-19)13-24(4)21(28)23-18(20(26)27)6-7-25-8-10-29-11-9-25/h14-16,18H,5-13H2,1-4H3,(H,23,28)(H,26,27). The summed E-state index contributed by atoms with van der Waals surface area (Å²) in [7, 11) is 1.66. The summed E-state index contributed by atoms with van der Waals surface area (Å²) in [6, 6.07) is -1.31. The number of carbonyl (C=O) groups excluding carboxylic acids is 1. The Labute approximate surface area is 183 Å². The van der Waals surface area contributed by atoms with Crippen LogP contribution in [-0.4, -0.2) is 77.8 Å². The number of aromatic nitrogens is 1. The van der Waals surface area contributed by atoms with Crippen LogP contribution in [0.25, 0.3) is 0 Å². The number of amides is 2. The van der Waals surface area contributed by atoms with E-state index in [0.717, 1.165) is 36.6 Å². The summed E-state index contributed by atoms with van der Waals surface area (Å²) in [5.74, 6) is 0.0421. The number of nitrogens with zero attached hydrogens (tertiary/aromatic N) is 3. The molecule has 2 amide bonds. The Morgan fingerprint density at radius 1 is 1.37 bits per heavy atom. The maximum absolute atomic E-state index is 12.5. The van der Waals surface area contributed by atoms with Gasteiger partial charge in [-0.2, -0.15) is 0 Å². The van der Waals surface area contributed by atoms with Gasteiger partial charge >= 0.3 is 12.0 Å². The maximum atomic E-state index is 12.5. The quantitative estimate of drug-likeness (QED) is 0.549. The lowest BCUT2D eigenvalue weighted by Gasteiger charge is -2.28. The van der Waals surface area contributed by atoms with Crippen molar-refractivity contribution in [3.8, 4) is 0 Å². The van der Waals surface area contributed by atoms with E-state index in [9.17, 15) is 14.7 Å². The van der Waals surface area contributed by atoms with E-state index in [-0.39, 0.29) is 0 Å². The van der Waals surface area contributed by atoms with E-state index in [4.69, 9.17) is 9.72 Å². The van der Waals surface area contributed by atoms with Crippen LogP contribution in [-0.2, 0) is 16.1 Å². The van der Waals surface area contributed by atoms with Crippen molar-refractivity contribution in [3.63, 3.8) is 0 Å². The lowest BCUT2D eigenvalue weighted by Crippen LogP contribution is -2.48. The highest BCUT2D eigenvalue weighted by Gasteiger charge is 2.24. The molecule has 2 rings (SSSR count). The zero-order chi connectivity index (χ0) is 22.1. The van der Waals surface area contributed by atoms with Crippen LogP contribution in [0.5, 0.6) is 0 Å². The Bertz CT molecular complexity index is 678. The van der Waals surface area contributed by atoms with Crippen LogP contribution >= 0.6 is 11.3 Å². The largest absolute Gasteiger partial charge is 0.480 e. The van der Waals surface area contributed by atoms with Crippen molar-refractivity contribution in [2.24, 2.45) is 5.92 Å². The van der Waals surface area contributed by atoms with Gasteiger partial charge in [0, 0.05) is 38.0 Å². The van der Waals surface area contributed by atoms with Crippen LogP contribution in [0.4, 0.5) is 4.79 Å². The van der Waals surface area contributed by atoms with Crippen molar-refractivity contribution in [2.45, 2.75) is 58.5 Å². The van der Waals surface area contributed by atoms with Gasteiger partial charge in [0.2, 0.25) is 0 Å². The van der Waals surface area contributed by atoms with Crippen LogP contribution in [0, 0.1) is 5.92 Å². The van der Waals surface area contributed by atoms with Crippen LogP contribution < -0.4 is 5.32 Å². The van der Waals surface area contributed by atoms with Crippen molar-refractivity contribution in [1.82, 2.24) is 20.1 Å². The number of ether oxygens (including phenoxy) is 1. The van der Waals surface area contributed by atoms with E-state index in [1.165, 1.54) is 4.90 Å². The van der Waals surface area contributed by atoms with Crippen LogP contribution in [0.2, 0.25) is 0 Å². The summed E-state index contributed by atoms with van der Waals surface area (Å²) in [6.45, 7) is 10.5. The molecule has 3 atom stereocenters. The smallest absolute Gasteiger partial charge is 0.326 e. The number of aliphatic carboxylic acids is 1. The molecule has 9 heteroatoms. The molecule has 0 aliphatic carbocycles. The number of urea groups is 1. The van der Waals surface area contributed by atoms with E-state index in [2.05, 4.69) is 31.0 Å². The lowest BCUT2D eigenvalue weighted by atomic mass is 9.96. The molecule has 1 saturated heterocycles. The second-order valence-corrected chi connectivity index (χ2v) is 9.16. The van der Waals surface area contributed by atoms with Gasteiger partial charge in [0.05, 0.1) is 30.5 Å². The van der Waals surface area contributed by atoms with Gasteiger partial charge in [0.1, 0.15) is 6.04 Å². The number of thiazole rings is 1. The van der Waals surface area contributed by atoms with Crippen LogP contribution in [0.15, 0.2) is 5.38 Å². The topological polar surface area (TPSA) is 95.0 Å². The summed E-state index contributed by atoms with van der Waals surface area (Å²) in [6.07, 6.45) is 2.62. The molecule has 0 radical (unpaired) electrons. The van der Waals surface area contributed by atoms with Crippen LogP contribution in [0.3, 0.4) is 0 Å². The highest BCUT2D eigenvalue weighted by molar-refractivity contribution is 7.09. The maximum Gasteiger partial charge on any atom is 0.326 e. The van der Waals surface area contributed by atoms with Crippen LogP contribution in [0.1, 0.15) is 56.7 Å². The molecule has 30 heavy (non-hydrogen) atoms. The summed E-state index contributed by atoms with van der Waals surface area (Å²) >= 11 is 1.63. The zero-order valence-electron chi connectivity index (χ0n) is 18.6. The highest BCUT2D eigenvalue weighted by Crippen LogP contribution is 2.27. The van der Waals surface area contributed by atoms with Gasteiger partial charge in [0.15, 0.2) is 0 Å². The number of nitrogens with one attached hydrogen (secondary N) is 1. The first-order valence-corrected chi connectivity index (χ1v) is 11.7. The third kappa shape index (κ3) is 7.85. The van der Waals surface area contributed by atoms with E-state index < -0.39 is 18.0 Å². The molecule has 1 aliphatic rings. The van der Waals surface area contributed by atoms with E-state index in [1.54, 1.807) is 18.4 Å². The first-order valence-electron chi connectivity index (χ1n) is 10.8. The number of hydrogen-bond acceptors (Lipinski definition) is 6. The fourth-order valence-electron chi connectivity index (χ4n) is 3.46. The molecule has 1 aromatic rings. The zero-order valence-corrected chi connectivity index (χ0v) is 19.4. The Morgan fingerprint density at radius 2 is 2.07 bits per heavy atom. The average molecular weight is 441 g/mol. The average Bonchev–Trinajstić information content (AvgIpc) is 3.19. The van der Waals surface area contributed by atoms with Gasteiger partial charge in [0.25, 0.3) is 0 Å². The SMILES string of the molecule is CCC(C)CC(C)c1nc(CN(C)C(=O)NC(CCN2CCOCC2)C(=O)O)cs1. The van der Waals surface area contributed by atoms with Gasteiger partial charge in [-0.05, 0) is 18.8 Å². The molecular weight excluding hydrogens is 404 g/mol. The molecule has 1 fully saturated rings. The fraction of sp³-hybridized carbons (Fsp3) is 0.762. The summed E-state index contributed by atoms with van der Waals surface area (Å²) in [5.41, 5.74) is 0.837. The molecule has 3 unspecified atom stereocenters. The molecule has 2 N–H and O–H groups in total. The minimum absolute atomic E-state index is 0.355. The molecule has 0 aromatic carbocycles. The second kappa shape index (κ2) is 12.2. The van der Waals surface area contributed by atoms with E-state index in [1.807, 2.05) is 5.38 Å². The molecule has 170 valence electrons. The monoisotopic (exact) mass is 440 g/mol. The normalized spacial score (nSPS) is 17.9. The van der Waals surface area contributed by atoms with Crippen molar-refractivity contribution in [1.29, 1.82) is 0 Å². The molecule has 0 saturated carbocycles. The molecule has 1 aliphatic heterocycles. The molecular formula is C21H36N4O4S. The van der Waals surface area contributed by atoms with E-state index >= 15 is 0 Å². The number of rotatable bonds is 11. The van der Waals surface area contributed by atoms with Crippen molar-refractivity contribution in [3.05, 3.63) is 16.1 Å². The van der Waals surface area contributed by atoms with Gasteiger partial charge in [-0.15, -0.1) is 11.3 Å². The third-order valence-electron chi connectivity index (χ3n) is 5.62. The van der Waals surface area contributed by atoms with Gasteiger partial charge in [-0.1, -0.05) is 27.2 Å². The van der Waals surface area contributed by atoms with Crippen molar-refractivity contribution < 1.29 is 19.4 Å². The molecule has 2 heterocycles. The Hall–Kier alpha value is -1.71. The first-order chi connectivity index (χ1) is 14.3. The van der Waals surface area contributed by atoms with Gasteiger partial charge in [-0.3, -0.25) is 4.90 Å². The highest BCUT2D eigenvalue weighted by atomic mass is 32.1. The first kappa shape index (κ1) is 24.6.